The van der Waals surface area contributed by atoms with Gasteiger partial charge in [0.25, 0.3) is 0 Å². The molecule has 90 valence electrons. The summed E-state index contributed by atoms with van der Waals surface area (Å²) in [6.45, 7) is 0. The van der Waals surface area contributed by atoms with Crippen LogP contribution in [-0.2, 0) is 11.2 Å². The number of rotatable bonds is 6. The van der Waals surface area contributed by atoms with Crippen molar-refractivity contribution in [2.45, 2.75) is 31.7 Å². The summed E-state index contributed by atoms with van der Waals surface area (Å²) in [5.74, 6) is -0.748. The summed E-state index contributed by atoms with van der Waals surface area (Å²) in [7, 11) is 0. The maximum Gasteiger partial charge on any atom is 0.303 e. The van der Waals surface area contributed by atoms with Crippen LogP contribution in [0.3, 0.4) is 0 Å². The third kappa shape index (κ3) is 6.43. The zero-order chi connectivity index (χ0) is 11.1. The van der Waals surface area contributed by atoms with Crippen molar-refractivity contribution in [2.24, 2.45) is 5.73 Å². The van der Waals surface area contributed by atoms with Crippen molar-refractivity contribution in [1.29, 1.82) is 0 Å². The predicted molar refractivity (Wildman–Crippen MR) is 66.9 cm³/mol. The lowest BCUT2D eigenvalue weighted by Crippen LogP contribution is -2.22. The molecule has 0 spiro atoms. The molecule has 1 aromatic rings. The molecule has 3 nitrogen and oxygen atoms in total. The molecule has 0 saturated carbocycles. The number of hydrogen-bond acceptors (Lipinski definition) is 2. The first-order valence-electron chi connectivity index (χ1n) is 5.20. The van der Waals surface area contributed by atoms with Crippen molar-refractivity contribution in [2.75, 3.05) is 0 Å². The molecule has 16 heavy (non-hydrogen) atoms. The van der Waals surface area contributed by atoms with Gasteiger partial charge in [0.15, 0.2) is 0 Å². The normalized spacial score (nSPS) is 11.6. The fraction of sp³-hybridized carbons (Fsp3) is 0.417. The average Bonchev–Trinajstić information content (AvgIpc) is 2.18. The van der Waals surface area contributed by atoms with Gasteiger partial charge in [0.1, 0.15) is 0 Å². The van der Waals surface area contributed by atoms with Gasteiger partial charge in [0.05, 0.1) is 0 Å². The lowest BCUT2D eigenvalue weighted by Gasteiger charge is -2.10. The van der Waals surface area contributed by atoms with Crippen molar-refractivity contribution in [3.05, 3.63) is 35.9 Å². The van der Waals surface area contributed by atoms with E-state index in [0.29, 0.717) is 6.42 Å². The fourth-order valence-electron chi connectivity index (χ4n) is 1.53. The van der Waals surface area contributed by atoms with E-state index in [-0.39, 0.29) is 24.9 Å². The third-order valence-electron chi connectivity index (χ3n) is 2.31. The summed E-state index contributed by atoms with van der Waals surface area (Å²) in [6.07, 6.45) is 2.45. The van der Waals surface area contributed by atoms with E-state index in [1.807, 2.05) is 30.3 Å². The summed E-state index contributed by atoms with van der Waals surface area (Å²) < 4.78 is 0. The Labute approximate surface area is 102 Å². The number of carboxylic acid groups (broad SMARTS) is 1. The van der Waals surface area contributed by atoms with Gasteiger partial charge in [-0.2, -0.15) is 0 Å². The van der Waals surface area contributed by atoms with Crippen LogP contribution in [-0.4, -0.2) is 17.1 Å². The Morgan fingerprint density at radius 2 is 1.94 bits per heavy atom. The summed E-state index contributed by atoms with van der Waals surface area (Å²) >= 11 is 0. The van der Waals surface area contributed by atoms with E-state index < -0.39 is 5.97 Å². The van der Waals surface area contributed by atoms with Gasteiger partial charge in [-0.3, -0.25) is 4.79 Å². The minimum atomic E-state index is -0.748. The number of carboxylic acids is 1. The van der Waals surface area contributed by atoms with E-state index in [0.717, 1.165) is 12.8 Å². The quantitative estimate of drug-likeness (QED) is 0.806. The fourth-order valence-corrected chi connectivity index (χ4v) is 1.53. The SMILES string of the molecule is Cl.NC(CCCC(=O)O)Cc1ccccc1. The number of aliphatic carboxylic acids is 1. The van der Waals surface area contributed by atoms with Gasteiger partial charge < -0.3 is 10.8 Å². The molecule has 4 heteroatoms. The van der Waals surface area contributed by atoms with E-state index in [1.54, 1.807) is 0 Å². The topological polar surface area (TPSA) is 63.3 Å². The van der Waals surface area contributed by atoms with Crippen LogP contribution in [0.5, 0.6) is 0 Å². The van der Waals surface area contributed by atoms with Crippen molar-refractivity contribution in [3.8, 4) is 0 Å². The highest BCUT2D eigenvalue weighted by atomic mass is 35.5. The zero-order valence-corrected chi connectivity index (χ0v) is 9.95. The molecule has 0 aliphatic heterocycles. The van der Waals surface area contributed by atoms with Gasteiger partial charge in [-0.05, 0) is 24.8 Å². The number of hydrogen-bond donors (Lipinski definition) is 2. The second kappa shape index (κ2) is 8.13. The van der Waals surface area contributed by atoms with E-state index in [2.05, 4.69) is 0 Å². The second-order valence-electron chi connectivity index (χ2n) is 3.74. The van der Waals surface area contributed by atoms with Crippen LogP contribution >= 0.6 is 12.4 Å². The standard InChI is InChI=1S/C12H17NO2.ClH/c13-11(7-4-8-12(14)15)9-10-5-2-1-3-6-10;/h1-3,5-6,11H,4,7-9,13H2,(H,14,15);1H. The molecular weight excluding hydrogens is 226 g/mol. The molecule has 1 unspecified atom stereocenters. The van der Waals surface area contributed by atoms with Crippen molar-refractivity contribution in [1.82, 2.24) is 0 Å². The summed E-state index contributed by atoms with van der Waals surface area (Å²) in [5, 5.41) is 8.48. The molecule has 0 heterocycles. The molecule has 1 atom stereocenters. The highest BCUT2D eigenvalue weighted by molar-refractivity contribution is 5.85. The summed E-state index contributed by atoms with van der Waals surface area (Å²) in [6, 6.07) is 10.1. The van der Waals surface area contributed by atoms with E-state index in [4.69, 9.17) is 10.8 Å². The largest absolute Gasteiger partial charge is 0.481 e. The molecule has 1 rings (SSSR count). The molecule has 0 fully saturated rings. The Kier molecular flexibility index (Phi) is 7.60. The number of carbonyl (C=O) groups is 1. The Bertz CT molecular complexity index is 303. The van der Waals surface area contributed by atoms with Crippen LogP contribution in [0.1, 0.15) is 24.8 Å². The summed E-state index contributed by atoms with van der Waals surface area (Å²) in [4.78, 5) is 10.3. The second-order valence-corrected chi connectivity index (χ2v) is 3.74. The minimum absolute atomic E-state index is 0. The highest BCUT2D eigenvalue weighted by Crippen LogP contribution is 2.06. The Morgan fingerprint density at radius 1 is 1.31 bits per heavy atom. The molecule has 0 bridgehead atoms. The Morgan fingerprint density at radius 3 is 2.50 bits per heavy atom. The van der Waals surface area contributed by atoms with E-state index in [1.165, 1.54) is 5.56 Å². The number of benzene rings is 1. The molecule has 3 N–H and O–H groups in total. The van der Waals surface area contributed by atoms with Crippen LogP contribution in [0.2, 0.25) is 0 Å². The van der Waals surface area contributed by atoms with Crippen LogP contribution in [0.4, 0.5) is 0 Å². The lowest BCUT2D eigenvalue weighted by molar-refractivity contribution is -0.137. The van der Waals surface area contributed by atoms with Gasteiger partial charge in [-0.1, -0.05) is 30.3 Å². The Balaban J connectivity index is 0.00000225. The van der Waals surface area contributed by atoms with Gasteiger partial charge in [0, 0.05) is 12.5 Å². The first kappa shape index (κ1) is 14.9. The first-order chi connectivity index (χ1) is 7.18. The number of halogens is 1. The minimum Gasteiger partial charge on any atom is -0.481 e. The van der Waals surface area contributed by atoms with E-state index >= 15 is 0 Å². The first-order valence-corrected chi connectivity index (χ1v) is 5.20. The summed E-state index contributed by atoms with van der Waals surface area (Å²) in [5.41, 5.74) is 7.11. The van der Waals surface area contributed by atoms with Crippen LogP contribution in [0, 0.1) is 0 Å². The molecule has 1 aromatic carbocycles. The van der Waals surface area contributed by atoms with Crippen LogP contribution in [0.15, 0.2) is 30.3 Å². The molecule has 0 saturated heterocycles. The maximum absolute atomic E-state index is 10.3. The van der Waals surface area contributed by atoms with Crippen molar-refractivity contribution >= 4 is 18.4 Å². The smallest absolute Gasteiger partial charge is 0.303 e. The molecule has 0 aliphatic rings. The Hall–Kier alpha value is -1.06. The van der Waals surface area contributed by atoms with Gasteiger partial charge in [-0.15, -0.1) is 12.4 Å². The van der Waals surface area contributed by atoms with Crippen LogP contribution in [0.25, 0.3) is 0 Å². The molecule has 0 amide bonds. The average molecular weight is 244 g/mol. The molecule has 0 aliphatic carbocycles. The number of nitrogens with two attached hydrogens (primary N) is 1. The lowest BCUT2D eigenvalue weighted by atomic mass is 10.0. The highest BCUT2D eigenvalue weighted by Gasteiger charge is 2.05. The predicted octanol–water partition coefficient (Wildman–Crippen LogP) is 2.23. The zero-order valence-electron chi connectivity index (χ0n) is 9.13. The molecule has 0 radical (unpaired) electrons. The van der Waals surface area contributed by atoms with Gasteiger partial charge in [-0.25, -0.2) is 0 Å². The van der Waals surface area contributed by atoms with Gasteiger partial charge in [0.2, 0.25) is 0 Å². The van der Waals surface area contributed by atoms with E-state index in [9.17, 15) is 4.79 Å². The van der Waals surface area contributed by atoms with Crippen molar-refractivity contribution < 1.29 is 9.90 Å². The van der Waals surface area contributed by atoms with Gasteiger partial charge >= 0.3 is 5.97 Å². The molecular formula is C12H18ClNO2. The maximum atomic E-state index is 10.3. The molecule has 0 aromatic heterocycles. The van der Waals surface area contributed by atoms with Crippen LogP contribution < -0.4 is 5.73 Å². The third-order valence-corrected chi connectivity index (χ3v) is 2.31. The monoisotopic (exact) mass is 243 g/mol. The van der Waals surface area contributed by atoms with Crippen molar-refractivity contribution in [3.63, 3.8) is 0 Å².